The van der Waals surface area contributed by atoms with E-state index in [0.29, 0.717) is 42.7 Å². The van der Waals surface area contributed by atoms with Gasteiger partial charge in [-0.25, -0.2) is 9.79 Å². The van der Waals surface area contributed by atoms with Crippen LogP contribution < -0.4 is 4.74 Å². The molecular weight excluding hydrogens is 519 g/mol. The fraction of sp³-hybridized carbons (Fsp3) is 0.148. The zero-order chi connectivity index (χ0) is 25.7. The summed E-state index contributed by atoms with van der Waals surface area (Å²) in [7, 11) is 1.65. The number of thioether (sulfide) groups is 1. The van der Waals surface area contributed by atoms with Crippen LogP contribution in [0.2, 0.25) is 10.0 Å². The number of esters is 1. The van der Waals surface area contributed by atoms with Crippen LogP contribution in [0.4, 0.5) is 5.69 Å². The Hall–Kier alpha value is -3.26. The molecule has 184 valence electrons. The molecule has 0 saturated carbocycles. The van der Waals surface area contributed by atoms with E-state index in [4.69, 9.17) is 32.7 Å². The molecule has 0 aromatic heterocycles. The summed E-state index contributed by atoms with van der Waals surface area (Å²) in [4.78, 5) is 31.5. The summed E-state index contributed by atoms with van der Waals surface area (Å²) in [5.74, 6) is -0.0679. The van der Waals surface area contributed by atoms with Crippen LogP contribution in [0.25, 0.3) is 6.08 Å². The molecule has 0 aliphatic carbocycles. The largest absolute Gasteiger partial charge is 0.488 e. The lowest BCUT2D eigenvalue weighted by Gasteiger charge is -2.11. The zero-order valence-electron chi connectivity index (χ0n) is 19.5. The third kappa shape index (κ3) is 6.10. The Bertz CT molecular complexity index is 1370. The average Bonchev–Trinajstić information content (AvgIpc) is 3.12. The Morgan fingerprint density at radius 2 is 1.89 bits per heavy atom. The number of carbonyl (C=O) groups excluding carboxylic acids is 2. The molecule has 1 fully saturated rings. The fourth-order valence-corrected chi connectivity index (χ4v) is 4.70. The van der Waals surface area contributed by atoms with Crippen LogP contribution in [0.1, 0.15) is 28.4 Å². The van der Waals surface area contributed by atoms with Gasteiger partial charge in [0, 0.05) is 28.2 Å². The van der Waals surface area contributed by atoms with Gasteiger partial charge in [-0.15, -0.1) is 0 Å². The van der Waals surface area contributed by atoms with Crippen molar-refractivity contribution < 1.29 is 19.1 Å². The molecule has 0 radical (unpaired) electrons. The lowest BCUT2D eigenvalue weighted by atomic mass is 10.1. The minimum Gasteiger partial charge on any atom is -0.488 e. The Balaban J connectivity index is 1.58. The predicted octanol–water partition coefficient (Wildman–Crippen LogP) is 6.98. The molecule has 1 aliphatic rings. The van der Waals surface area contributed by atoms with E-state index < -0.39 is 5.97 Å². The Morgan fingerprint density at radius 3 is 2.67 bits per heavy atom. The van der Waals surface area contributed by atoms with E-state index in [1.54, 1.807) is 68.6 Å². The van der Waals surface area contributed by atoms with Gasteiger partial charge in [-0.2, -0.15) is 0 Å². The number of halogens is 2. The van der Waals surface area contributed by atoms with E-state index in [-0.39, 0.29) is 19.1 Å². The molecule has 1 saturated heterocycles. The number of benzene rings is 3. The van der Waals surface area contributed by atoms with Crippen LogP contribution >= 0.6 is 35.0 Å². The first-order valence-electron chi connectivity index (χ1n) is 11.0. The van der Waals surface area contributed by atoms with E-state index in [1.165, 1.54) is 16.7 Å². The van der Waals surface area contributed by atoms with Gasteiger partial charge in [0.15, 0.2) is 5.17 Å². The van der Waals surface area contributed by atoms with Crippen LogP contribution in [0.3, 0.4) is 0 Å². The number of nitrogens with zero attached hydrogens (tertiary/aromatic N) is 2. The first-order chi connectivity index (χ1) is 17.4. The number of aliphatic imine (C=N–C) groups is 1. The number of rotatable bonds is 7. The van der Waals surface area contributed by atoms with Crippen molar-refractivity contribution in [1.82, 2.24) is 4.90 Å². The second-order valence-corrected chi connectivity index (χ2v) is 9.55. The summed E-state index contributed by atoms with van der Waals surface area (Å²) in [6.07, 6.45) is 1.73. The summed E-state index contributed by atoms with van der Waals surface area (Å²) in [5, 5.41) is 1.61. The van der Waals surface area contributed by atoms with Gasteiger partial charge >= 0.3 is 5.97 Å². The Morgan fingerprint density at radius 1 is 1.08 bits per heavy atom. The highest BCUT2D eigenvalue weighted by atomic mass is 35.5. The highest BCUT2D eigenvalue weighted by Crippen LogP contribution is 2.36. The smallest absolute Gasteiger partial charge is 0.338 e. The molecule has 1 amide bonds. The molecule has 0 unspecified atom stereocenters. The molecular formula is C27H22Cl2N2O4S. The van der Waals surface area contributed by atoms with Crippen molar-refractivity contribution in [2.45, 2.75) is 13.5 Å². The van der Waals surface area contributed by atoms with Gasteiger partial charge < -0.3 is 9.47 Å². The van der Waals surface area contributed by atoms with Crippen LogP contribution in [0, 0.1) is 0 Å². The normalized spacial score (nSPS) is 15.6. The van der Waals surface area contributed by atoms with E-state index >= 15 is 0 Å². The lowest BCUT2D eigenvalue weighted by Crippen LogP contribution is -2.23. The van der Waals surface area contributed by atoms with Crippen molar-refractivity contribution in [2.24, 2.45) is 4.99 Å². The van der Waals surface area contributed by atoms with Crippen molar-refractivity contribution in [3.8, 4) is 5.75 Å². The molecule has 9 heteroatoms. The van der Waals surface area contributed by atoms with E-state index in [9.17, 15) is 9.59 Å². The number of ether oxygens (including phenoxy) is 2. The van der Waals surface area contributed by atoms with Gasteiger partial charge in [0.2, 0.25) is 0 Å². The van der Waals surface area contributed by atoms with Crippen molar-refractivity contribution >= 4 is 63.8 Å². The summed E-state index contributed by atoms with van der Waals surface area (Å²) >= 11 is 13.7. The van der Waals surface area contributed by atoms with E-state index in [2.05, 4.69) is 4.99 Å². The summed E-state index contributed by atoms with van der Waals surface area (Å²) < 4.78 is 11.1. The first kappa shape index (κ1) is 25.8. The zero-order valence-corrected chi connectivity index (χ0v) is 21.9. The van der Waals surface area contributed by atoms with Gasteiger partial charge in [0.05, 0.1) is 22.8 Å². The minimum absolute atomic E-state index is 0.211. The highest BCUT2D eigenvalue weighted by Gasteiger charge is 2.30. The van der Waals surface area contributed by atoms with Crippen LogP contribution in [-0.2, 0) is 16.1 Å². The number of amides is 1. The topological polar surface area (TPSA) is 68.2 Å². The predicted molar refractivity (Wildman–Crippen MR) is 145 cm³/mol. The number of likely N-dealkylation sites (N-methyl/N-ethyl adjacent to an activating group) is 1. The van der Waals surface area contributed by atoms with E-state index in [0.717, 1.165) is 5.56 Å². The molecule has 36 heavy (non-hydrogen) atoms. The standard InChI is InChI=1S/C27H22Cl2N2O4S/c1-3-34-26(33)17-8-6-9-21(14-17)30-27-31(2)25(32)24(36-27)15-19-13-20(28)11-12-23(19)35-16-18-7-4-5-10-22(18)29/h4-15H,3,16H2,1-2H3. The van der Waals surface area contributed by atoms with Crippen LogP contribution in [0.15, 0.2) is 76.6 Å². The van der Waals surface area contributed by atoms with Crippen molar-refractivity contribution in [3.05, 3.63) is 98.4 Å². The maximum absolute atomic E-state index is 13.0. The molecule has 0 atom stereocenters. The second-order valence-electron chi connectivity index (χ2n) is 7.70. The maximum Gasteiger partial charge on any atom is 0.338 e. The van der Waals surface area contributed by atoms with Gasteiger partial charge in [-0.3, -0.25) is 9.69 Å². The van der Waals surface area contributed by atoms with Crippen molar-refractivity contribution in [1.29, 1.82) is 0 Å². The third-order valence-electron chi connectivity index (χ3n) is 5.19. The fourth-order valence-electron chi connectivity index (χ4n) is 3.35. The monoisotopic (exact) mass is 540 g/mol. The molecule has 0 N–H and O–H groups in total. The second kappa shape index (κ2) is 11.6. The lowest BCUT2D eigenvalue weighted by molar-refractivity contribution is -0.121. The van der Waals surface area contributed by atoms with Gasteiger partial charge in [0.1, 0.15) is 12.4 Å². The third-order valence-corrected chi connectivity index (χ3v) is 6.85. The Kier molecular flexibility index (Phi) is 8.36. The number of hydrogen-bond donors (Lipinski definition) is 0. The van der Waals surface area contributed by atoms with Crippen LogP contribution in [0.5, 0.6) is 5.75 Å². The van der Waals surface area contributed by atoms with Crippen molar-refractivity contribution in [2.75, 3.05) is 13.7 Å². The summed E-state index contributed by atoms with van der Waals surface area (Å²) in [5.41, 5.74) is 2.43. The Labute approximate surface area is 223 Å². The summed E-state index contributed by atoms with van der Waals surface area (Å²) in [6, 6.07) is 19.4. The first-order valence-corrected chi connectivity index (χ1v) is 12.6. The highest BCUT2D eigenvalue weighted by molar-refractivity contribution is 8.18. The number of carbonyl (C=O) groups is 2. The van der Waals surface area contributed by atoms with Crippen LogP contribution in [-0.4, -0.2) is 35.6 Å². The minimum atomic E-state index is -0.422. The summed E-state index contributed by atoms with van der Waals surface area (Å²) in [6.45, 7) is 2.30. The van der Waals surface area contributed by atoms with Gasteiger partial charge in [-0.05, 0) is 67.2 Å². The number of hydrogen-bond acceptors (Lipinski definition) is 6. The molecule has 1 heterocycles. The van der Waals surface area contributed by atoms with Gasteiger partial charge in [0.25, 0.3) is 5.91 Å². The van der Waals surface area contributed by atoms with Crippen molar-refractivity contribution in [3.63, 3.8) is 0 Å². The molecule has 3 aromatic carbocycles. The molecule has 6 nitrogen and oxygen atoms in total. The molecule has 0 bridgehead atoms. The van der Waals surface area contributed by atoms with Gasteiger partial charge in [-0.1, -0.05) is 47.5 Å². The molecule has 1 aliphatic heterocycles. The molecule has 4 rings (SSSR count). The molecule has 0 spiro atoms. The quantitative estimate of drug-likeness (QED) is 0.238. The maximum atomic E-state index is 13.0. The SMILES string of the molecule is CCOC(=O)c1cccc(N=C2SC(=Cc3cc(Cl)ccc3OCc3ccccc3Cl)C(=O)N2C)c1. The van der Waals surface area contributed by atoms with E-state index in [1.807, 2.05) is 18.2 Å². The number of amidine groups is 1. The molecule has 3 aromatic rings. The average molecular weight is 541 g/mol.